The van der Waals surface area contributed by atoms with Crippen molar-refractivity contribution in [2.45, 2.75) is 6.92 Å². The van der Waals surface area contributed by atoms with Crippen LogP contribution in [0.1, 0.15) is 17.3 Å². The highest BCUT2D eigenvalue weighted by Crippen LogP contribution is 2.27. The Hall–Kier alpha value is -2.50. The van der Waals surface area contributed by atoms with Gasteiger partial charge < -0.3 is 4.74 Å². The lowest BCUT2D eigenvalue weighted by Gasteiger charge is -2.09. The molecular weight excluding hydrogens is 298 g/mol. The highest BCUT2D eigenvalue weighted by Gasteiger charge is 2.25. The predicted octanol–water partition coefficient (Wildman–Crippen LogP) is 2.67. The molecular formula is C17H14NO5. The summed E-state index contributed by atoms with van der Waals surface area (Å²) in [5.74, 6) is -0.570. The minimum atomic E-state index is -0.725. The van der Waals surface area contributed by atoms with Crippen LogP contribution in [0.3, 0.4) is 0 Å². The van der Waals surface area contributed by atoms with Crippen LogP contribution in [0.25, 0.3) is 0 Å². The van der Waals surface area contributed by atoms with Gasteiger partial charge in [0.15, 0.2) is 5.78 Å². The van der Waals surface area contributed by atoms with Crippen molar-refractivity contribution in [1.29, 1.82) is 0 Å². The molecule has 0 aliphatic heterocycles. The molecule has 0 amide bonds. The zero-order valence-corrected chi connectivity index (χ0v) is 12.4. The number of non-ortho nitro benzene ring substituents is 1. The summed E-state index contributed by atoms with van der Waals surface area (Å²) in [6.07, 6.45) is 8.52. The monoisotopic (exact) mass is 312 g/mol. The lowest BCUT2D eigenvalue weighted by molar-refractivity contribution is -0.384. The second-order valence-electron chi connectivity index (χ2n) is 4.63. The van der Waals surface area contributed by atoms with Gasteiger partial charge in [0.25, 0.3) is 5.69 Å². The van der Waals surface area contributed by atoms with Crippen LogP contribution in [0.5, 0.6) is 0 Å². The van der Waals surface area contributed by atoms with E-state index in [1.54, 1.807) is 32.6 Å². The number of ketones is 1. The van der Waals surface area contributed by atoms with E-state index in [0.717, 1.165) is 0 Å². The smallest absolute Gasteiger partial charge is 0.341 e. The summed E-state index contributed by atoms with van der Waals surface area (Å²) in [4.78, 5) is 34.7. The minimum absolute atomic E-state index is 0.119. The Labute approximate surface area is 134 Å². The number of nitrogens with zero attached hydrogens (tertiary/aromatic N) is 1. The summed E-state index contributed by atoms with van der Waals surface area (Å²) in [5, 5.41) is 10.7. The highest BCUT2D eigenvalue weighted by atomic mass is 16.6. The zero-order valence-electron chi connectivity index (χ0n) is 12.4. The second kappa shape index (κ2) is 7.67. The van der Waals surface area contributed by atoms with Gasteiger partial charge in [0, 0.05) is 23.6 Å². The quantitative estimate of drug-likeness (QED) is 0.153. The Balaban J connectivity index is 2.28. The highest BCUT2D eigenvalue weighted by molar-refractivity contribution is 6.24. The van der Waals surface area contributed by atoms with E-state index in [1.165, 1.54) is 30.3 Å². The molecule has 0 aromatic heterocycles. The Bertz CT molecular complexity index is 627. The first kappa shape index (κ1) is 16.9. The molecule has 0 atom stereocenters. The Morgan fingerprint density at radius 2 is 1.78 bits per heavy atom. The first-order chi connectivity index (χ1) is 11.0. The van der Waals surface area contributed by atoms with Gasteiger partial charge in [-0.2, -0.15) is 0 Å². The first-order valence-electron chi connectivity index (χ1n) is 6.92. The van der Waals surface area contributed by atoms with E-state index in [1.807, 2.05) is 0 Å². The van der Waals surface area contributed by atoms with E-state index in [2.05, 4.69) is 0 Å². The summed E-state index contributed by atoms with van der Waals surface area (Å²) in [5.41, 5.74) is -0.0624. The van der Waals surface area contributed by atoms with Gasteiger partial charge in [-0.25, -0.2) is 4.79 Å². The number of Topliss-reactive ketones (excluding diaryl/α,β-unsaturated/α-hetero) is 1. The van der Waals surface area contributed by atoms with E-state index in [4.69, 9.17) is 4.74 Å². The Morgan fingerprint density at radius 3 is 2.30 bits per heavy atom. The SMILES string of the molecule is CCOC(=O)/C(=C/[C]1[CH][CH][CH][CH]1)C(=O)c1ccc([N+](=O)[O-])cc1. The number of nitro groups is 1. The van der Waals surface area contributed by atoms with Crippen molar-refractivity contribution in [2.24, 2.45) is 0 Å². The van der Waals surface area contributed by atoms with Crippen LogP contribution in [0, 0.1) is 41.7 Å². The molecule has 0 spiro atoms. The maximum atomic E-state index is 12.5. The van der Waals surface area contributed by atoms with Gasteiger partial charge in [-0.15, -0.1) is 0 Å². The summed E-state index contributed by atoms with van der Waals surface area (Å²) in [6, 6.07) is 5.08. The van der Waals surface area contributed by atoms with E-state index in [9.17, 15) is 19.7 Å². The molecule has 117 valence electrons. The van der Waals surface area contributed by atoms with Gasteiger partial charge in [-0.3, -0.25) is 14.9 Å². The molecule has 23 heavy (non-hydrogen) atoms. The average Bonchev–Trinajstić information content (AvgIpc) is 3.05. The molecule has 5 radical (unpaired) electrons. The molecule has 0 unspecified atom stereocenters. The van der Waals surface area contributed by atoms with Crippen molar-refractivity contribution < 1.29 is 19.2 Å². The number of carbonyl (C=O) groups excluding carboxylic acids is 2. The first-order valence-corrected chi connectivity index (χ1v) is 6.92. The fraction of sp³-hybridized carbons (Fsp3) is 0.118. The molecule has 6 nitrogen and oxygen atoms in total. The molecule has 0 N–H and O–H groups in total. The summed E-state index contributed by atoms with van der Waals surface area (Å²) in [6.45, 7) is 1.79. The second-order valence-corrected chi connectivity index (χ2v) is 4.63. The topological polar surface area (TPSA) is 86.5 Å². The molecule has 0 saturated heterocycles. The van der Waals surface area contributed by atoms with Gasteiger partial charge in [-0.1, -0.05) is 6.08 Å². The molecule has 1 aromatic rings. The van der Waals surface area contributed by atoms with Crippen LogP contribution in [-0.4, -0.2) is 23.3 Å². The van der Waals surface area contributed by atoms with Crippen LogP contribution in [-0.2, 0) is 9.53 Å². The molecule has 1 fully saturated rings. The fourth-order valence-electron chi connectivity index (χ4n) is 1.97. The Morgan fingerprint density at radius 1 is 1.17 bits per heavy atom. The van der Waals surface area contributed by atoms with Crippen LogP contribution < -0.4 is 0 Å². The normalized spacial score (nSPS) is 15.4. The van der Waals surface area contributed by atoms with Crippen LogP contribution in [0.4, 0.5) is 5.69 Å². The zero-order chi connectivity index (χ0) is 16.8. The Kier molecular flexibility index (Phi) is 5.62. The molecule has 2 rings (SSSR count). The number of hydrogen-bond acceptors (Lipinski definition) is 5. The summed E-state index contributed by atoms with van der Waals surface area (Å²) in [7, 11) is 0. The minimum Gasteiger partial charge on any atom is -0.462 e. The average molecular weight is 312 g/mol. The van der Waals surface area contributed by atoms with Crippen LogP contribution in [0.2, 0.25) is 0 Å². The summed E-state index contributed by atoms with van der Waals surface area (Å²) < 4.78 is 4.92. The third-order valence-electron chi connectivity index (χ3n) is 3.08. The number of rotatable bonds is 6. The van der Waals surface area contributed by atoms with Crippen LogP contribution >= 0.6 is 0 Å². The molecule has 0 bridgehead atoms. The lowest BCUT2D eigenvalue weighted by atomic mass is 9.97. The van der Waals surface area contributed by atoms with Crippen molar-refractivity contribution >= 4 is 17.4 Å². The standard InChI is InChI=1S/C17H14NO5/c1-2-23-17(20)15(11-12-5-3-4-6-12)16(19)13-7-9-14(10-8-13)18(21)22/h3-11H,2H2,1H3/b15-11+. The lowest BCUT2D eigenvalue weighted by Crippen LogP contribution is -2.17. The van der Waals surface area contributed by atoms with Gasteiger partial charge >= 0.3 is 5.97 Å². The van der Waals surface area contributed by atoms with Gasteiger partial charge in [0.05, 0.1) is 11.5 Å². The third-order valence-corrected chi connectivity index (χ3v) is 3.08. The maximum absolute atomic E-state index is 12.5. The number of benzene rings is 1. The molecule has 0 heterocycles. The van der Waals surface area contributed by atoms with E-state index < -0.39 is 16.7 Å². The molecule has 1 aromatic carbocycles. The third kappa shape index (κ3) is 4.25. The summed E-state index contributed by atoms with van der Waals surface area (Å²) >= 11 is 0. The fourth-order valence-corrected chi connectivity index (χ4v) is 1.97. The van der Waals surface area contributed by atoms with Crippen molar-refractivity contribution in [3.8, 4) is 0 Å². The van der Waals surface area contributed by atoms with E-state index in [0.29, 0.717) is 5.92 Å². The number of allylic oxidation sites excluding steroid dienone is 1. The molecule has 1 aliphatic rings. The largest absolute Gasteiger partial charge is 0.462 e. The van der Waals surface area contributed by atoms with Crippen LogP contribution in [0.15, 0.2) is 35.9 Å². The van der Waals surface area contributed by atoms with Crippen molar-refractivity contribution in [3.05, 3.63) is 83.2 Å². The molecule has 1 aliphatic carbocycles. The van der Waals surface area contributed by atoms with Crippen molar-refractivity contribution in [2.75, 3.05) is 6.61 Å². The van der Waals surface area contributed by atoms with Gasteiger partial charge in [-0.05, 0) is 44.7 Å². The van der Waals surface area contributed by atoms with Gasteiger partial charge in [0.1, 0.15) is 5.57 Å². The van der Waals surface area contributed by atoms with E-state index >= 15 is 0 Å². The van der Waals surface area contributed by atoms with Gasteiger partial charge in [0.2, 0.25) is 0 Å². The number of hydrogen-bond donors (Lipinski definition) is 0. The molecule has 1 saturated carbocycles. The van der Waals surface area contributed by atoms with Crippen molar-refractivity contribution in [1.82, 2.24) is 0 Å². The predicted molar refractivity (Wildman–Crippen MR) is 82.6 cm³/mol. The molecule has 6 heteroatoms. The van der Waals surface area contributed by atoms with Crippen molar-refractivity contribution in [3.63, 3.8) is 0 Å². The number of carbonyl (C=O) groups is 2. The van der Waals surface area contributed by atoms with E-state index in [-0.39, 0.29) is 23.4 Å². The number of esters is 1. The number of nitro benzene ring substituents is 1. The maximum Gasteiger partial charge on any atom is 0.341 e. The number of ether oxygens (including phenoxy) is 1.